The SMILES string of the molecule is NC1CC(Nc2c(Cl)cc(F)cc2Br)C1. The number of rotatable bonds is 2. The molecule has 1 aliphatic rings. The monoisotopic (exact) mass is 292 g/mol. The van der Waals surface area contributed by atoms with E-state index < -0.39 is 0 Å². The van der Waals surface area contributed by atoms with Crippen molar-refractivity contribution in [1.29, 1.82) is 0 Å². The predicted octanol–water partition coefficient (Wildman–Crippen LogP) is 3.14. The van der Waals surface area contributed by atoms with Gasteiger partial charge in [-0.1, -0.05) is 11.6 Å². The molecule has 3 N–H and O–H groups in total. The molecule has 0 radical (unpaired) electrons. The predicted molar refractivity (Wildman–Crippen MR) is 63.7 cm³/mol. The summed E-state index contributed by atoms with van der Waals surface area (Å²) < 4.78 is 13.6. The molecule has 0 bridgehead atoms. The van der Waals surface area contributed by atoms with E-state index in [2.05, 4.69) is 21.2 Å². The van der Waals surface area contributed by atoms with E-state index in [0.29, 0.717) is 15.5 Å². The first-order valence-corrected chi connectivity index (χ1v) is 5.90. The zero-order valence-corrected chi connectivity index (χ0v) is 10.3. The quantitative estimate of drug-likeness (QED) is 0.879. The van der Waals surface area contributed by atoms with Crippen LogP contribution in [-0.4, -0.2) is 12.1 Å². The Balaban J connectivity index is 2.14. The van der Waals surface area contributed by atoms with Gasteiger partial charge in [-0.3, -0.25) is 0 Å². The van der Waals surface area contributed by atoms with Crippen LogP contribution in [0.2, 0.25) is 5.02 Å². The van der Waals surface area contributed by atoms with Crippen LogP contribution in [0.15, 0.2) is 16.6 Å². The largest absolute Gasteiger partial charge is 0.380 e. The molecule has 1 aromatic carbocycles. The standard InChI is InChI=1S/C10H11BrClFN2/c11-8-1-5(13)2-9(12)10(8)15-7-3-6(14)4-7/h1-2,6-7,15H,3-4,14H2. The van der Waals surface area contributed by atoms with E-state index in [-0.39, 0.29) is 11.9 Å². The van der Waals surface area contributed by atoms with Crippen molar-refractivity contribution >= 4 is 33.2 Å². The zero-order valence-electron chi connectivity index (χ0n) is 7.93. The van der Waals surface area contributed by atoms with Crippen molar-refractivity contribution in [3.05, 3.63) is 27.4 Å². The Kier molecular flexibility index (Phi) is 3.19. The molecule has 5 heteroatoms. The first-order chi connectivity index (χ1) is 7.06. The fourth-order valence-electron chi connectivity index (χ4n) is 1.66. The van der Waals surface area contributed by atoms with Gasteiger partial charge in [0.2, 0.25) is 0 Å². The van der Waals surface area contributed by atoms with Gasteiger partial charge in [-0.25, -0.2) is 4.39 Å². The summed E-state index contributed by atoms with van der Waals surface area (Å²) in [6.07, 6.45) is 1.86. The summed E-state index contributed by atoms with van der Waals surface area (Å²) in [5.74, 6) is -0.345. The molecule has 0 atom stereocenters. The van der Waals surface area contributed by atoms with Gasteiger partial charge in [-0.2, -0.15) is 0 Å². The molecule has 0 spiro atoms. The summed E-state index contributed by atoms with van der Waals surface area (Å²) >= 11 is 9.21. The highest BCUT2D eigenvalue weighted by molar-refractivity contribution is 9.10. The maximum absolute atomic E-state index is 12.9. The van der Waals surface area contributed by atoms with Crippen LogP contribution < -0.4 is 11.1 Å². The molecule has 0 aromatic heterocycles. The van der Waals surface area contributed by atoms with E-state index in [0.717, 1.165) is 18.5 Å². The van der Waals surface area contributed by atoms with Crippen molar-refractivity contribution in [3.63, 3.8) is 0 Å². The first-order valence-electron chi connectivity index (χ1n) is 4.73. The molecule has 0 unspecified atom stereocenters. The molecule has 1 fully saturated rings. The molecular weight excluding hydrogens is 282 g/mol. The minimum absolute atomic E-state index is 0.278. The Morgan fingerprint density at radius 2 is 2.13 bits per heavy atom. The lowest BCUT2D eigenvalue weighted by atomic mass is 9.87. The maximum atomic E-state index is 12.9. The van der Waals surface area contributed by atoms with Gasteiger partial charge in [0.1, 0.15) is 5.82 Å². The Hall–Kier alpha value is -0.320. The summed E-state index contributed by atoms with van der Waals surface area (Å²) in [5, 5.41) is 3.64. The number of anilines is 1. The summed E-state index contributed by atoms with van der Waals surface area (Å²) in [4.78, 5) is 0. The van der Waals surface area contributed by atoms with E-state index in [1.807, 2.05) is 0 Å². The highest BCUT2D eigenvalue weighted by atomic mass is 79.9. The van der Waals surface area contributed by atoms with Crippen LogP contribution >= 0.6 is 27.5 Å². The normalized spacial score (nSPS) is 24.8. The van der Waals surface area contributed by atoms with Gasteiger partial charge in [-0.05, 0) is 40.9 Å². The number of halogens is 3. The highest BCUT2D eigenvalue weighted by Crippen LogP contribution is 2.34. The van der Waals surface area contributed by atoms with Crippen LogP contribution in [0, 0.1) is 5.82 Å². The van der Waals surface area contributed by atoms with Crippen LogP contribution in [0.4, 0.5) is 10.1 Å². The highest BCUT2D eigenvalue weighted by Gasteiger charge is 2.26. The molecule has 0 amide bonds. The van der Waals surface area contributed by atoms with E-state index in [9.17, 15) is 4.39 Å². The summed E-state index contributed by atoms with van der Waals surface area (Å²) in [6, 6.07) is 3.32. The third-order valence-electron chi connectivity index (χ3n) is 2.53. The minimum atomic E-state index is -0.345. The summed E-state index contributed by atoms with van der Waals surface area (Å²) in [6.45, 7) is 0. The maximum Gasteiger partial charge on any atom is 0.125 e. The first kappa shape index (κ1) is 11.2. The summed E-state index contributed by atoms with van der Waals surface area (Å²) in [7, 11) is 0. The van der Waals surface area contributed by atoms with Crippen molar-refractivity contribution in [2.24, 2.45) is 5.73 Å². The van der Waals surface area contributed by atoms with Crippen LogP contribution in [0.25, 0.3) is 0 Å². The topological polar surface area (TPSA) is 38.0 Å². The average molecular weight is 294 g/mol. The molecular formula is C10H11BrClFN2. The minimum Gasteiger partial charge on any atom is -0.380 e. The van der Waals surface area contributed by atoms with Gasteiger partial charge in [0, 0.05) is 16.6 Å². The number of hydrogen-bond donors (Lipinski definition) is 2. The van der Waals surface area contributed by atoms with Crippen LogP contribution in [0.5, 0.6) is 0 Å². The molecule has 82 valence electrons. The van der Waals surface area contributed by atoms with Crippen molar-refractivity contribution in [2.75, 3.05) is 5.32 Å². The Labute approximate surface area is 101 Å². The van der Waals surface area contributed by atoms with Gasteiger partial charge in [-0.15, -0.1) is 0 Å². The Morgan fingerprint density at radius 1 is 1.47 bits per heavy atom. The second-order valence-corrected chi connectivity index (χ2v) is 5.08. The van der Waals surface area contributed by atoms with E-state index in [4.69, 9.17) is 17.3 Å². The van der Waals surface area contributed by atoms with Crippen LogP contribution in [0.3, 0.4) is 0 Å². The van der Waals surface area contributed by atoms with Crippen molar-refractivity contribution in [1.82, 2.24) is 0 Å². The lowest BCUT2D eigenvalue weighted by Gasteiger charge is -2.34. The van der Waals surface area contributed by atoms with Crippen molar-refractivity contribution in [3.8, 4) is 0 Å². The van der Waals surface area contributed by atoms with Crippen molar-refractivity contribution in [2.45, 2.75) is 24.9 Å². The lowest BCUT2D eigenvalue weighted by Crippen LogP contribution is -2.44. The fraction of sp³-hybridized carbons (Fsp3) is 0.400. The van der Waals surface area contributed by atoms with Gasteiger partial charge < -0.3 is 11.1 Å². The average Bonchev–Trinajstić information content (AvgIpc) is 2.07. The molecule has 0 aliphatic heterocycles. The smallest absolute Gasteiger partial charge is 0.125 e. The van der Waals surface area contributed by atoms with Gasteiger partial charge in [0.15, 0.2) is 0 Å². The molecule has 1 saturated carbocycles. The van der Waals surface area contributed by atoms with Gasteiger partial charge >= 0.3 is 0 Å². The molecule has 2 rings (SSSR count). The molecule has 1 aromatic rings. The lowest BCUT2D eigenvalue weighted by molar-refractivity contribution is 0.373. The zero-order chi connectivity index (χ0) is 11.0. The van der Waals surface area contributed by atoms with Crippen molar-refractivity contribution < 1.29 is 4.39 Å². The second-order valence-electron chi connectivity index (χ2n) is 3.82. The molecule has 15 heavy (non-hydrogen) atoms. The Morgan fingerprint density at radius 3 is 2.67 bits per heavy atom. The fourth-order valence-corrected chi connectivity index (χ4v) is 2.59. The van der Waals surface area contributed by atoms with E-state index in [1.54, 1.807) is 0 Å². The second kappa shape index (κ2) is 4.28. The number of nitrogens with two attached hydrogens (primary N) is 1. The van der Waals surface area contributed by atoms with Gasteiger partial charge in [0.25, 0.3) is 0 Å². The molecule has 0 heterocycles. The van der Waals surface area contributed by atoms with Crippen LogP contribution in [0.1, 0.15) is 12.8 Å². The number of benzene rings is 1. The molecule has 2 nitrogen and oxygen atoms in total. The van der Waals surface area contributed by atoms with Crippen LogP contribution in [-0.2, 0) is 0 Å². The molecule has 1 aliphatic carbocycles. The third-order valence-corrected chi connectivity index (χ3v) is 3.45. The summed E-state index contributed by atoms with van der Waals surface area (Å²) in [5.41, 5.74) is 6.42. The van der Waals surface area contributed by atoms with E-state index in [1.165, 1.54) is 12.1 Å². The van der Waals surface area contributed by atoms with Gasteiger partial charge in [0.05, 0.1) is 10.7 Å². The Bertz CT molecular complexity index is 357. The van der Waals surface area contributed by atoms with E-state index >= 15 is 0 Å². The number of hydrogen-bond acceptors (Lipinski definition) is 2. The molecule has 0 saturated heterocycles. The number of nitrogens with one attached hydrogen (secondary N) is 1. The third kappa shape index (κ3) is 2.44.